The third-order valence-corrected chi connectivity index (χ3v) is 4.65. The van der Waals surface area contributed by atoms with Crippen molar-refractivity contribution < 1.29 is 18.7 Å². The fraction of sp³-hybridized carbons (Fsp3) is 0.273. The minimum absolute atomic E-state index is 0.0665. The first-order chi connectivity index (χ1) is 12.9. The Hall–Kier alpha value is -3.08. The molecule has 0 spiro atoms. The Morgan fingerprint density at radius 2 is 1.81 bits per heavy atom. The van der Waals surface area contributed by atoms with Gasteiger partial charge in [0.25, 0.3) is 5.91 Å². The van der Waals surface area contributed by atoms with Crippen LogP contribution in [0.4, 0.5) is 0 Å². The van der Waals surface area contributed by atoms with Crippen molar-refractivity contribution >= 4 is 22.8 Å². The molecule has 3 aromatic rings. The average molecular weight is 365 g/mol. The summed E-state index contributed by atoms with van der Waals surface area (Å²) in [7, 11) is 0. The van der Waals surface area contributed by atoms with Crippen LogP contribution in [0.2, 0.25) is 0 Å². The second-order valence-electron chi connectivity index (χ2n) is 6.73. The fourth-order valence-electron chi connectivity index (χ4n) is 2.93. The smallest absolute Gasteiger partial charge is 0.310 e. The van der Waals surface area contributed by atoms with Gasteiger partial charge in [0.1, 0.15) is 5.58 Å². The third-order valence-electron chi connectivity index (χ3n) is 4.65. The molecular formula is C22H23NO4. The lowest BCUT2D eigenvalue weighted by Gasteiger charge is -2.14. The molecule has 140 valence electrons. The molecule has 0 aliphatic carbocycles. The number of hydrogen-bond acceptors (Lipinski definition) is 4. The third kappa shape index (κ3) is 4.56. The summed E-state index contributed by atoms with van der Waals surface area (Å²) in [5.41, 5.74) is 4.77. The molecule has 0 aliphatic heterocycles. The maximum atomic E-state index is 12.1. The fourth-order valence-corrected chi connectivity index (χ4v) is 2.93. The molecular weight excluding hydrogens is 342 g/mol. The number of aryl methyl sites for hydroxylation is 2. The zero-order valence-electron chi connectivity index (χ0n) is 15.7. The topological polar surface area (TPSA) is 68.5 Å². The number of carbonyl (C=O) groups excluding carboxylic acids is 2. The molecule has 27 heavy (non-hydrogen) atoms. The molecule has 1 heterocycles. The molecule has 0 fully saturated rings. The molecule has 2 aromatic carbocycles. The van der Waals surface area contributed by atoms with Gasteiger partial charge < -0.3 is 14.5 Å². The zero-order chi connectivity index (χ0) is 19.4. The summed E-state index contributed by atoms with van der Waals surface area (Å²) in [4.78, 5) is 24.1. The van der Waals surface area contributed by atoms with Crippen molar-refractivity contribution in [2.75, 3.05) is 6.61 Å². The number of fused-ring (bicyclic) bond motifs is 1. The number of amides is 1. The van der Waals surface area contributed by atoms with Crippen molar-refractivity contribution in [1.29, 1.82) is 0 Å². The van der Waals surface area contributed by atoms with Gasteiger partial charge in [-0.1, -0.05) is 30.3 Å². The monoisotopic (exact) mass is 365 g/mol. The van der Waals surface area contributed by atoms with Crippen LogP contribution in [0.5, 0.6) is 0 Å². The predicted octanol–water partition coefficient (Wildman–Crippen LogP) is 4.01. The number of hydrogen-bond donors (Lipinski definition) is 1. The van der Waals surface area contributed by atoms with Crippen LogP contribution in [0.15, 0.2) is 53.1 Å². The predicted molar refractivity (Wildman–Crippen MR) is 103 cm³/mol. The number of furan rings is 1. The van der Waals surface area contributed by atoms with E-state index in [0.717, 1.165) is 33.2 Å². The second-order valence-corrected chi connectivity index (χ2v) is 6.73. The summed E-state index contributed by atoms with van der Waals surface area (Å²) in [5.74, 6) is -0.790. The van der Waals surface area contributed by atoms with Gasteiger partial charge in [-0.2, -0.15) is 0 Å². The summed E-state index contributed by atoms with van der Waals surface area (Å²) in [6.45, 7) is 5.61. The van der Waals surface area contributed by atoms with Crippen molar-refractivity contribution in [3.05, 3.63) is 71.0 Å². The molecule has 5 nitrogen and oxygen atoms in total. The Morgan fingerprint density at radius 3 is 2.56 bits per heavy atom. The van der Waals surface area contributed by atoms with Crippen molar-refractivity contribution in [1.82, 2.24) is 5.32 Å². The average Bonchev–Trinajstić information content (AvgIpc) is 3.02. The highest BCUT2D eigenvalue weighted by molar-refractivity contribution is 5.87. The summed E-state index contributed by atoms with van der Waals surface area (Å²) in [6.07, 6.45) is 1.64. The highest BCUT2D eigenvalue weighted by atomic mass is 16.5. The lowest BCUT2D eigenvalue weighted by Crippen LogP contribution is -2.31. The van der Waals surface area contributed by atoms with E-state index in [2.05, 4.69) is 5.32 Å². The number of rotatable bonds is 6. The SMILES string of the molecule is Cc1cc2occ(CC(=O)OCC(=O)N[C@H](C)c3ccccc3)c2cc1C. The van der Waals surface area contributed by atoms with Crippen LogP contribution >= 0.6 is 0 Å². The van der Waals surface area contributed by atoms with Crippen LogP contribution in [0.25, 0.3) is 11.0 Å². The van der Waals surface area contributed by atoms with Crippen LogP contribution in [0.3, 0.4) is 0 Å². The number of nitrogens with one attached hydrogen (secondary N) is 1. The van der Waals surface area contributed by atoms with Gasteiger partial charge in [-0.3, -0.25) is 9.59 Å². The van der Waals surface area contributed by atoms with Gasteiger partial charge in [-0.25, -0.2) is 0 Å². The van der Waals surface area contributed by atoms with Crippen molar-refractivity contribution in [3.8, 4) is 0 Å². The number of esters is 1. The number of benzene rings is 2. The molecule has 0 unspecified atom stereocenters. The molecule has 1 amide bonds. The van der Waals surface area contributed by atoms with Crippen molar-refractivity contribution in [2.24, 2.45) is 0 Å². The van der Waals surface area contributed by atoms with Crippen LogP contribution in [-0.2, 0) is 20.7 Å². The molecule has 0 saturated heterocycles. The summed E-state index contributed by atoms with van der Waals surface area (Å²) >= 11 is 0. The van der Waals surface area contributed by atoms with Gasteiger partial charge in [0.2, 0.25) is 0 Å². The van der Waals surface area contributed by atoms with E-state index in [9.17, 15) is 9.59 Å². The Kier molecular flexibility index (Phi) is 5.60. The summed E-state index contributed by atoms with van der Waals surface area (Å²) in [6, 6.07) is 13.4. The van der Waals surface area contributed by atoms with E-state index >= 15 is 0 Å². The Labute approximate surface area is 158 Å². The Balaban J connectivity index is 1.54. The maximum Gasteiger partial charge on any atom is 0.310 e. The van der Waals surface area contributed by atoms with E-state index in [1.807, 2.05) is 63.2 Å². The van der Waals surface area contributed by atoms with E-state index in [1.165, 1.54) is 0 Å². The Morgan fingerprint density at radius 1 is 1.11 bits per heavy atom. The number of ether oxygens (including phenoxy) is 1. The first-order valence-electron chi connectivity index (χ1n) is 8.91. The second kappa shape index (κ2) is 8.08. The molecule has 0 radical (unpaired) electrons. The summed E-state index contributed by atoms with van der Waals surface area (Å²) in [5, 5.41) is 3.72. The van der Waals surface area contributed by atoms with E-state index in [4.69, 9.17) is 9.15 Å². The largest absolute Gasteiger partial charge is 0.464 e. The van der Waals surface area contributed by atoms with Crippen LogP contribution < -0.4 is 5.32 Å². The summed E-state index contributed by atoms with van der Waals surface area (Å²) < 4.78 is 10.7. The molecule has 1 aromatic heterocycles. The maximum absolute atomic E-state index is 12.1. The van der Waals surface area contributed by atoms with E-state index < -0.39 is 5.97 Å². The van der Waals surface area contributed by atoms with Crippen LogP contribution in [0.1, 0.15) is 35.2 Å². The molecule has 5 heteroatoms. The molecule has 3 rings (SSSR count). The Bertz CT molecular complexity index is 959. The lowest BCUT2D eigenvalue weighted by atomic mass is 10.0. The number of carbonyl (C=O) groups is 2. The first-order valence-corrected chi connectivity index (χ1v) is 8.91. The van der Waals surface area contributed by atoms with E-state index in [0.29, 0.717) is 0 Å². The standard InChI is InChI=1S/C22H23NO4/c1-14-9-19-18(12-26-20(19)10-15(14)2)11-22(25)27-13-21(24)23-16(3)17-7-5-4-6-8-17/h4-10,12,16H,11,13H2,1-3H3,(H,23,24)/t16-/m1/s1. The van der Waals surface area contributed by atoms with Gasteiger partial charge in [0, 0.05) is 10.9 Å². The molecule has 1 atom stereocenters. The highest BCUT2D eigenvalue weighted by Crippen LogP contribution is 2.25. The lowest BCUT2D eigenvalue weighted by molar-refractivity contribution is -0.148. The molecule has 0 bridgehead atoms. The molecule has 0 saturated carbocycles. The van der Waals surface area contributed by atoms with Crippen LogP contribution in [0, 0.1) is 13.8 Å². The van der Waals surface area contributed by atoms with Crippen LogP contribution in [-0.4, -0.2) is 18.5 Å². The van der Waals surface area contributed by atoms with Gasteiger partial charge in [-0.15, -0.1) is 0 Å². The van der Waals surface area contributed by atoms with Gasteiger partial charge >= 0.3 is 5.97 Å². The highest BCUT2D eigenvalue weighted by Gasteiger charge is 2.15. The normalized spacial score (nSPS) is 12.0. The molecule has 0 aliphatic rings. The van der Waals surface area contributed by atoms with Gasteiger partial charge in [-0.05, 0) is 49.6 Å². The first kappa shape index (κ1) is 18.7. The minimum Gasteiger partial charge on any atom is -0.464 e. The molecule has 1 N–H and O–H groups in total. The van der Waals surface area contributed by atoms with Gasteiger partial charge in [0.05, 0.1) is 18.7 Å². The quantitative estimate of drug-likeness (QED) is 0.670. The zero-order valence-corrected chi connectivity index (χ0v) is 15.7. The van der Waals surface area contributed by atoms with Gasteiger partial charge in [0.15, 0.2) is 6.61 Å². The van der Waals surface area contributed by atoms with E-state index in [-0.39, 0.29) is 25.0 Å². The van der Waals surface area contributed by atoms with Crippen molar-refractivity contribution in [2.45, 2.75) is 33.2 Å². The minimum atomic E-state index is -0.460. The van der Waals surface area contributed by atoms with Crippen molar-refractivity contribution in [3.63, 3.8) is 0 Å². The van der Waals surface area contributed by atoms with E-state index in [1.54, 1.807) is 6.26 Å².